The SMILES string of the molecule is [2H]c1c([2H])c([2H])c(-c2c([2H])c([2H])c([2H])c([2H])c2B2C([2H])([2H])c3c([2H])c([2H])c([2H])c4c([2H])c([2H])c(C)c(c34)C2([2H])[2H])c([2H])c1[2H]. The fourth-order valence-corrected chi connectivity index (χ4v) is 3.02. The molecule has 1 heteroatoms. The van der Waals surface area contributed by atoms with Crippen molar-refractivity contribution in [3.8, 4) is 11.1 Å². The van der Waals surface area contributed by atoms with Gasteiger partial charge < -0.3 is 0 Å². The molecule has 0 saturated carbocycles. The van der Waals surface area contributed by atoms with E-state index in [0.717, 1.165) is 0 Å². The first-order chi connectivity index (χ1) is 20.1. The molecule has 4 aromatic rings. The highest BCUT2D eigenvalue weighted by Crippen LogP contribution is 2.32. The second-order valence-corrected chi connectivity index (χ2v) is 5.76. The standard InChI is InChI=1S/C25H21B/c1-18-14-15-20-10-7-11-21-16-26(17-23(18)25(20)21)24-13-6-5-12-22(24)19-8-3-2-4-9-19/h2-15H,16-17H2,1H3/i2D,3D,4D,5D,6D,7D,8D,9D,10D,11D,12D,13D,14D,15D,16D2,17D2. The van der Waals surface area contributed by atoms with Crippen LogP contribution in [0.2, 0.25) is 0 Å². The maximum atomic E-state index is 9.33. The molecule has 1 aliphatic rings. The van der Waals surface area contributed by atoms with Gasteiger partial charge >= 0.3 is 0 Å². The van der Waals surface area contributed by atoms with Crippen molar-refractivity contribution in [2.75, 3.05) is 0 Å². The minimum absolute atomic E-state index is 0.157. The van der Waals surface area contributed by atoms with Crippen LogP contribution in [0.15, 0.2) is 84.6 Å². The summed E-state index contributed by atoms with van der Waals surface area (Å²) in [5.74, 6) is 0. The van der Waals surface area contributed by atoms with E-state index >= 15 is 0 Å². The Morgan fingerprint density at radius 1 is 0.808 bits per heavy atom. The van der Waals surface area contributed by atoms with E-state index < -0.39 is 137 Å². The van der Waals surface area contributed by atoms with Gasteiger partial charge in [-0.05, 0) is 58.1 Å². The van der Waals surface area contributed by atoms with Gasteiger partial charge in [-0.3, -0.25) is 0 Å². The van der Waals surface area contributed by atoms with Crippen molar-refractivity contribution in [3.05, 3.63) is 101 Å². The summed E-state index contributed by atoms with van der Waals surface area (Å²) >= 11 is 0. The molecule has 1 aliphatic heterocycles. The molecule has 0 fully saturated rings. The lowest BCUT2D eigenvalue weighted by molar-refractivity contribution is 1.22. The molecule has 0 amide bonds. The van der Waals surface area contributed by atoms with Crippen LogP contribution in [0.1, 0.15) is 41.4 Å². The Kier molecular flexibility index (Phi) is 1.33. The molecule has 0 N–H and O–H groups in total. The Morgan fingerprint density at radius 2 is 1.62 bits per heavy atom. The highest BCUT2D eigenvalue weighted by Gasteiger charge is 2.27. The predicted molar refractivity (Wildman–Crippen MR) is 113 cm³/mol. The van der Waals surface area contributed by atoms with Crippen LogP contribution in [0.25, 0.3) is 21.9 Å². The molecule has 0 radical (unpaired) electrons. The van der Waals surface area contributed by atoms with Crippen molar-refractivity contribution in [2.45, 2.75) is 19.5 Å². The molecule has 1 heterocycles. The third kappa shape index (κ3) is 2.47. The van der Waals surface area contributed by atoms with Crippen LogP contribution in [-0.4, -0.2) is 6.71 Å². The van der Waals surface area contributed by atoms with E-state index in [1.807, 2.05) is 0 Å². The van der Waals surface area contributed by atoms with Gasteiger partial charge in [0, 0.05) is 5.48 Å². The minimum Gasteiger partial charge on any atom is -0.0717 e. The average Bonchev–Trinajstić information content (AvgIpc) is 2.94. The normalized spacial score (nSPS) is 26.9. The minimum atomic E-state index is -3.10. The van der Waals surface area contributed by atoms with Crippen molar-refractivity contribution in [1.82, 2.24) is 0 Å². The molecule has 0 unspecified atom stereocenters. The summed E-state index contributed by atoms with van der Waals surface area (Å²) in [6, 6.07) is -11.4. The first-order valence-electron chi connectivity index (χ1n) is 16.9. The van der Waals surface area contributed by atoms with Gasteiger partial charge in [0.25, 0.3) is 0 Å². The third-order valence-electron chi connectivity index (χ3n) is 4.21. The van der Waals surface area contributed by atoms with E-state index in [2.05, 4.69) is 0 Å². The van der Waals surface area contributed by atoms with Crippen LogP contribution in [0, 0.1) is 6.92 Å². The molecule has 5 rings (SSSR count). The quantitative estimate of drug-likeness (QED) is 0.425. The number of hydrogen-bond donors (Lipinski definition) is 0. The Balaban J connectivity index is 2.09. The summed E-state index contributed by atoms with van der Waals surface area (Å²) in [5.41, 5.74) is -3.42. The van der Waals surface area contributed by atoms with Crippen molar-refractivity contribution >= 4 is 22.9 Å². The van der Waals surface area contributed by atoms with Crippen LogP contribution < -0.4 is 5.46 Å². The second kappa shape index (κ2) is 6.18. The molecule has 0 aromatic heterocycles. The van der Waals surface area contributed by atoms with Gasteiger partial charge in [0.15, 0.2) is 6.71 Å². The lowest BCUT2D eigenvalue weighted by atomic mass is 9.36. The first-order valence-corrected chi connectivity index (χ1v) is 7.87. The molecule has 0 atom stereocenters. The summed E-state index contributed by atoms with van der Waals surface area (Å²) in [5, 5.41) is -0.774. The summed E-state index contributed by atoms with van der Waals surface area (Å²) in [4.78, 5) is 0. The molecule has 0 spiro atoms. The highest BCUT2D eigenvalue weighted by molar-refractivity contribution is 6.74. The molecule has 0 bridgehead atoms. The molecule has 0 saturated heterocycles. The smallest absolute Gasteiger partial charge is 0.0717 e. The third-order valence-corrected chi connectivity index (χ3v) is 4.21. The van der Waals surface area contributed by atoms with Gasteiger partial charge in [0.05, 0.1) is 19.2 Å². The van der Waals surface area contributed by atoms with Gasteiger partial charge in [-0.2, -0.15) is 0 Å². The number of rotatable bonds is 2. The lowest BCUT2D eigenvalue weighted by Crippen LogP contribution is -2.39. The van der Waals surface area contributed by atoms with E-state index in [9.17, 15) is 5.48 Å². The average molecular weight is 350 g/mol. The summed E-state index contributed by atoms with van der Waals surface area (Å²) in [6.45, 7) is -1.01. The highest BCUT2D eigenvalue weighted by atomic mass is 14.2. The Morgan fingerprint density at radius 3 is 2.50 bits per heavy atom. The first kappa shape index (κ1) is 5.60. The summed E-state index contributed by atoms with van der Waals surface area (Å²) < 4.78 is 155. The molecular formula is C25H21B. The van der Waals surface area contributed by atoms with Gasteiger partial charge in [-0.15, -0.1) is 0 Å². The zero-order valence-corrected chi connectivity index (χ0v) is 13.6. The second-order valence-electron chi connectivity index (χ2n) is 5.76. The van der Waals surface area contributed by atoms with E-state index in [0.29, 0.717) is 0 Å². The van der Waals surface area contributed by atoms with E-state index in [1.165, 1.54) is 6.92 Å². The van der Waals surface area contributed by atoms with Gasteiger partial charge in [0.2, 0.25) is 0 Å². The topological polar surface area (TPSA) is 0 Å². The fraction of sp³-hybridized carbons (Fsp3) is 0.120. The summed E-state index contributed by atoms with van der Waals surface area (Å²) in [6.07, 6.45) is -6.09. The molecule has 26 heavy (non-hydrogen) atoms. The maximum absolute atomic E-state index is 9.33. The lowest BCUT2D eigenvalue weighted by Gasteiger charge is -2.26. The molecule has 0 aliphatic carbocycles. The monoisotopic (exact) mass is 350 g/mol. The molecule has 124 valence electrons. The zero-order valence-electron chi connectivity index (χ0n) is 31.6. The van der Waals surface area contributed by atoms with Crippen molar-refractivity contribution in [3.63, 3.8) is 0 Å². The van der Waals surface area contributed by atoms with E-state index in [4.69, 9.17) is 19.2 Å². The van der Waals surface area contributed by atoms with Crippen molar-refractivity contribution < 1.29 is 24.7 Å². The van der Waals surface area contributed by atoms with Crippen LogP contribution >= 0.6 is 0 Å². The van der Waals surface area contributed by atoms with Crippen LogP contribution in [0.5, 0.6) is 0 Å². The Labute approximate surface area is 180 Å². The van der Waals surface area contributed by atoms with E-state index in [1.54, 1.807) is 0 Å². The molecular weight excluding hydrogens is 311 g/mol. The van der Waals surface area contributed by atoms with E-state index in [-0.39, 0.29) is 10.9 Å². The Hall–Kier alpha value is -2.80. The van der Waals surface area contributed by atoms with Gasteiger partial charge in [0.1, 0.15) is 0 Å². The molecule has 0 nitrogen and oxygen atoms in total. The van der Waals surface area contributed by atoms with Crippen LogP contribution in [0.4, 0.5) is 0 Å². The van der Waals surface area contributed by atoms with Crippen LogP contribution in [0.3, 0.4) is 0 Å². The van der Waals surface area contributed by atoms with Gasteiger partial charge in [-0.1, -0.05) is 90.1 Å². The van der Waals surface area contributed by atoms with Crippen LogP contribution in [-0.2, 0) is 12.5 Å². The van der Waals surface area contributed by atoms with Gasteiger partial charge in [-0.25, -0.2) is 0 Å². The van der Waals surface area contributed by atoms with Crippen molar-refractivity contribution in [1.29, 1.82) is 0 Å². The number of benzene rings is 4. The predicted octanol–water partition coefficient (Wildman–Crippen LogP) is 5.39. The molecule has 4 aromatic carbocycles. The fourth-order valence-electron chi connectivity index (χ4n) is 3.02. The maximum Gasteiger partial charge on any atom is 0.185 e. The number of hydrogen-bond acceptors (Lipinski definition) is 0. The Bertz CT molecular complexity index is 1880. The zero-order chi connectivity index (χ0) is 33.3. The van der Waals surface area contributed by atoms with Crippen molar-refractivity contribution in [2.24, 2.45) is 0 Å². The largest absolute Gasteiger partial charge is 0.185 e. The summed E-state index contributed by atoms with van der Waals surface area (Å²) in [7, 11) is 0.